The van der Waals surface area contributed by atoms with E-state index in [1.165, 1.54) is 6.07 Å². The molecule has 3 aromatic rings. The molecular formula is C25H22F2N2O4. The zero-order valence-corrected chi connectivity index (χ0v) is 17.9. The number of carbonyl (C=O) groups is 3. The highest BCUT2D eigenvalue weighted by Crippen LogP contribution is 2.22. The van der Waals surface area contributed by atoms with Gasteiger partial charge >= 0.3 is 5.97 Å². The van der Waals surface area contributed by atoms with Gasteiger partial charge in [-0.05, 0) is 59.5 Å². The topological polar surface area (TPSA) is 95.5 Å². The average molecular weight is 452 g/mol. The number of halogens is 2. The zero-order valence-electron chi connectivity index (χ0n) is 17.9. The van der Waals surface area contributed by atoms with Crippen molar-refractivity contribution in [2.24, 2.45) is 5.92 Å². The number of carboxylic acid groups (broad SMARTS) is 1. The first-order chi connectivity index (χ1) is 15.7. The van der Waals surface area contributed by atoms with Crippen molar-refractivity contribution < 1.29 is 28.3 Å². The average Bonchev–Trinajstić information content (AvgIpc) is 2.79. The molecule has 2 amide bonds. The summed E-state index contributed by atoms with van der Waals surface area (Å²) < 4.78 is 26.4. The summed E-state index contributed by atoms with van der Waals surface area (Å²) in [5.74, 6) is -4.52. The molecule has 0 aliphatic heterocycles. The first-order valence-electron chi connectivity index (χ1n) is 10.2. The van der Waals surface area contributed by atoms with Crippen LogP contribution in [0.25, 0.3) is 11.1 Å². The van der Waals surface area contributed by atoms with Gasteiger partial charge < -0.3 is 15.7 Å². The molecule has 0 aliphatic rings. The molecule has 0 saturated heterocycles. The lowest BCUT2D eigenvalue weighted by molar-refractivity contribution is -0.140. The summed E-state index contributed by atoms with van der Waals surface area (Å²) >= 11 is 0. The van der Waals surface area contributed by atoms with Crippen molar-refractivity contribution in [3.05, 3.63) is 89.5 Å². The molecule has 0 spiro atoms. The minimum atomic E-state index is -1.10. The highest BCUT2D eigenvalue weighted by molar-refractivity contribution is 6.04. The number of rotatable bonds is 7. The van der Waals surface area contributed by atoms with Crippen LogP contribution in [0.15, 0.2) is 66.7 Å². The Kier molecular flexibility index (Phi) is 7.17. The molecule has 6 nitrogen and oxygen atoms in total. The Morgan fingerprint density at radius 1 is 0.758 bits per heavy atom. The van der Waals surface area contributed by atoms with Crippen LogP contribution in [0.2, 0.25) is 0 Å². The SMILES string of the molecule is CC(C)[C@@H](NC(=O)c1ccc(-c2ccc(NC(=O)c3ccc(F)c(F)c3)cc2)cc1)C(=O)O. The number of amides is 2. The van der Waals surface area contributed by atoms with Crippen LogP contribution < -0.4 is 10.6 Å². The van der Waals surface area contributed by atoms with E-state index in [0.29, 0.717) is 11.3 Å². The third-order valence-corrected chi connectivity index (χ3v) is 5.02. The fraction of sp³-hybridized carbons (Fsp3) is 0.160. The summed E-state index contributed by atoms with van der Waals surface area (Å²) in [4.78, 5) is 35.9. The molecule has 0 aromatic heterocycles. The lowest BCUT2D eigenvalue weighted by atomic mass is 10.0. The minimum absolute atomic E-state index is 0.00514. The molecule has 0 unspecified atom stereocenters. The summed E-state index contributed by atoms with van der Waals surface area (Å²) in [6.45, 7) is 3.43. The van der Waals surface area contributed by atoms with Gasteiger partial charge in [0.05, 0.1) is 0 Å². The third kappa shape index (κ3) is 5.79. The van der Waals surface area contributed by atoms with Crippen molar-refractivity contribution in [1.29, 1.82) is 0 Å². The number of benzene rings is 3. The number of nitrogens with one attached hydrogen (secondary N) is 2. The monoisotopic (exact) mass is 452 g/mol. The van der Waals surface area contributed by atoms with Gasteiger partial charge in [-0.3, -0.25) is 9.59 Å². The Morgan fingerprint density at radius 3 is 1.82 bits per heavy atom. The van der Waals surface area contributed by atoms with Gasteiger partial charge in [-0.2, -0.15) is 0 Å². The Morgan fingerprint density at radius 2 is 1.30 bits per heavy atom. The molecule has 0 radical (unpaired) electrons. The second-order valence-corrected chi connectivity index (χ2v) is 7.77. The van der Waals surface area contributed by atoms with Crippen molar-refractivity contribution in [2.45, 2.75) is 19.9 Å². The van der Waals surface area contributed by atoms with Gasteiger partial charge in [0.25, 0.3) is 11.8 Å². The molecule has 0 bridgehead atoms. The number of hydrogen-bond donors (Lipinski definition) is 3. The lowest BCUT2D eigenvalue weighted by Gasteiger charge is -2.18. The van der Waals surface area contributed by atoms with Crippen LogP contribution in [0.3, 0.4) is 0 Å². The molecule has 0 heterocycles. The Hall–Kier alpha value is -4.07. The van der Waals surface area contributed by atoms with E-state index in [-0.39, 0.29) is 11.5 Å². The highest BCUT2D eigenvalue weighted by atomic mass is 19.2. The van der Waals surface area contributed by atoms with Gasteiger partial charge in [0.1, 0.15) is 6.04 Å². The Bertz CT molecular complexity index is 1180. The van der Waals surface area contributed by atoms with Crippen molar-refractivity contribution in [3.8, 4) is 11.1 Å². The molecule has 0 saturated carbocycles. The smallest absolute Gasteiger partial charge is 0.326 e. The van der Waals surface area contributed by atoms with Gasteiger partial charge in [-0.25, -0.2) is 13.6 Å². The molecule has 8 heteroatoms. The van der Waals surface area contributed by atoms with Crippen molar-refractivity contribution in [2.75, 3.05) is 5.32 Å². The fourth-order valence-corrected chi connectivity index (χ4v) is 3.14. The maximum Gasteiger partial charge on any atom is 0.326 e. The summed E-state index contributed by atoms with van der Waals surface area (Å²) in [6, 6.07) is 15.4. The van der Waals surface area contributed by atoms with Crippen LogP contribution in [0.1, 0.15) is 34.6 Å². The summed E-state index contributed by atoms with van der Waals surface area (Å²) in [6.07, 6.45) is 0. The van der Waals surface area contributed by atoms with Crippen LogP contribution in [0.5, 0.6) is 0 Å². The quantitative estimate of drug-likeness (QED) is 0.483. The predicted octanol–water partition coefficient (Wildman–Crippen LogP) is 4.72. The first kappa shape index (κ1) is 23.6. The molecular weight excluding hydrogens is 430 g/mol. The predicted molar refractivity (Wildman–Crippen MR) is 120 cm³/mol. The summed E-state index contributed by atoms with van der Waals surface area (Å²) in [5, 5.41) is 14.4. The molecule has 33 heavy (non-hydrogen) atoms. The molecule has 1 atom stereocenters. The summed E-state index contributed by atoms with van der Waals surface area (Å²) in [5.41, 5.74) is 2.43. The number of carbonyl (C=O) groups excluding carboxylic acids is 2. The number of hydrogen-bond acceptors (Lipinski definition) is 3. The molecule has 3 rings (SSSR count). The number of anilines is 1. The van der Waals surface area contributed by atoms with Crippen molar-refractivity contribution in [3.63, 3.8) is 0 Å². The van der Waals surface area contributed by atoms with E-state index in [9.17, 15) is 28.3 Å². The minimum Gasteiger partial charge on any atom is -0.480 e. The van der Waals surface area contributed by atoms with Crippen LogP contribution in [0.4, 0.5) is 14.5 Å². The van der Waals surface area contributed by atoms with E-state index >= 15 is 0 Å². The van der Waals surface area contributed by atoms with Crippen molar-refractivity contribution in [1.82, 2.24) is 5.32 Å². The van der Waals surface area contributed by atoms with E-state index in [0.717, 1.165) is 23.3 Å². The fourth-order valence-electron chi connectivity index (χ4n) is 3.14. The standard InChI is InChI=1S/C25H22F2N2O4/c1-14(2)22(25(32)33)29-23(30)17-5-3-15(4-6-17)16-7-10-19(11-8-16)28-24(31)18-9-12-20(26)21(27)13-18/h3-14,22H,1-2H3,(H,28,31)(H,29,30)(H,32,33)/t22-/m1/s1. The van der Waals surface area contributed by atoms with Crippen LogP contribution in [0, 0.1) is 17.6 Å². The zero-order chi connectivity index (χ0) is 24.1. The molecule has 0 fully saturated rings. The maximum absolute atomic E-state index is 13.3. The van der Waals surface area contributed by atoms with E-state index in [2.05, 4.69) is 10.6 Å². The molecule has 170 valence electrons. The van der Waals surface area contributed by atoms with Gasteiger partial charge in [0.15, 0.2) is 11.6 Å². The van der Waals surface area contributed by atoms with Gasteiger partial charge in [-0.1, -0.05) is 38.1 Å². The van der Waals surface area contributed by atoms with Crippen molar-refractivity contribution >= 4 is 23.5 Å². The van der Waals surface area contributed by atoms with Gasteiger partial charge in [-0.15, -0.1) is 0 Å². The molecule has 3 N–H and O–H groups in total. The van der Waals surface area contributed by atoms with Gasteiger partial charge in [0.2, 0.25) is 0 Å². The normalized spacial score (nSPS) is 11.7. The third-order valence-electron chi connectivity index (χ3n) is 5.02. The van der Waals surface area contributed by atoms with E-state index in [4.69, 9.17) is 0 Å². The van der Waals surface area contributed by atoms with E-state index < -0.39 is 35.5 Å². The van der Waals surface area contributed by atoms with Gasteiger partial charge in [0, 0.05) is 16.8 Å². The van der Waals surface area contributed by atoms with Crippen LogP contribution in [-0.4, -0.2) is 28.9 Å². The first-order valence-corrected chi connectivity index (χ1v) is 10.2. The Balaban J connectivity index is 1.67. The van der Waals surface area contributed by atoms with E-state index in [1.807, 2.05) is 0 Å². The maximum atomic E-state index is 13.3. The number of carboxylic acids is 1. The van der Waals surface area contributed by atoms with E-state index in [1.54, 1.807) is 62.4 Å². The van der Waals surface area contributed by atoms with Crippen LogP contribution in [-0.2, 0) is 4.79 Å². The lowest BCUT2D eigenvalue weighted by Crippen LogP contribution is -2.44. The Labute approximate surface area is 189 Å². The second kappa shape index (κ2) is 10.0. The molecule has 0 aliphatic carbocycles. The largest absolute Gasteiger partial charge is 0.480 e. The summed E-state index contributed by atoms with van der Waals surface area (Å²) in [7, 11) is 0. The highest BCUT2D eigenvalue weighted by Gasteiger charge is 2.23. The molecule has 3 aromatic carbocycles. The van der Waals surface area contributed by atoms with Crippen LogP contribution >= 0.6 is 0 Å². The second-order valence-electron chi connectivity index (χ2n) is 7.77. The number of aliphatic carboxylic acids is 1.